The molecule has 0 radical (unpaired) electrons. The van der Waals surface area contributed by atoms with E-state index in [0.717, 1.165) is 19.4 Å². The van der Waals surface area contributed by atoms with Crippen molar-refractivity contribution in [1.82, 2.24) is 4.90 Å². The summed E-state index contributed by atoms with van der Waals surface area (Å²) in [6.45, 7) is 3.22. The highest BCUT2D eigenvalue weighted by Crippen LogP contribution is 2.32. The fourth-order valence-electron chi connectivity index (χ4n) is 1.89. The molecule has 1 aliphatic rings. The topological polar surface area (TPSA) is 49.8 Å². The van der Waals surface area contributed by atoms with Gasteiger partial charge < -0.3 is 14.7 Å². The van der Waals surface area contributed by atoms with Crippen molar-refractivity contribution in [2.24, 2.45) is 5.92 Å². The molecular weight excluding hydrogens is 194 g/mol. The highest BCUT2D eigenvalue weighted by Gasteiger charge is 2.31. The van der Waals surface area contributed by atoms with E-state index in [1.165, 1.54) is 0 Å². The molecule has 0 saturated heterocycles. The summed E-state index contributed by atoms with van der Waals surface area (Å²) in [7, 11) is 1.73. The molecule has 0 spiro atoms. The minimum atomic E-state index is 0.0362. The molecule has 0 aromatic carbocycles. The summed E-state index contributed by atoms with van der Waals surface area (Å²) >= 11 is 0. The Bertz CT molecular complexity index is 202. The number of hydrogen-bond donors (Lipinski definition) is 1. The summed E-state index contributed by atoms with van der Waals surface area (Å²) in [4.78, 5) is 13.2. The Labute approximate surface area is 91.2 Å². The molecule has 4 heteroatoms. The van der Waals surface area contributed by atoms with Gasteiger partial charge >= 0.3 is 0 Å². The fraction of sp³-hybridized carbons (Fsp3) is 0.909. The molecule has 0 aromatic heterocycles. The van der Waals surface area contributed by atoms with Crippen LogP contribution in [0.15, 0.2) is 0 Å². The van der Waals surface area contributed by atoms with Gasteiger partial charge in [-0.1, -0.05) is 0 Å². The summed E-state index contributed by atoms with van der Waals surface area (Å²) in [6, 6.07) is 0. The molecule has 1 aliphatic carbocycles. The van der Waals surface area contributed by atoms with Crippen LogP contribution in [0.3, 0.4) is 0 Å². The Morgan fingerprint density at radius 1 is 1.53 bits per heavy atom. The molecule has 0 aliphatic heterocycles. The van der Waals surface area contributed by atoms with Crippen LogP contribution in [0.4, 0.5) is 0 Å². The molecule has 0 atom stereocenters. The van der Waals surface area contributed by atoms with Gasteiger partial charge in [0.1, 0.15) is 0 Å². The molecule has 1 fully saturated rings. The molecule has 15 heavy (non-hydrogen) atoms. The van der Waals surface area contributed by atoms with Crippen molar-refractivity contribution in [3.63, 3.8) is 0 Å². The van der Waals surface area contributed by atoms with E-state index < -0.39 is 0 Å². The summed E-state index contributed by atoms with van der Waals surface area (Å²) in [6.07, 6.45) is 2.98. The number of aliphatic hydroxyl groups excluding tert-OH is 1. The molecule has 1 saturated carbocycles. The monoisotopic (exact) mass is 215 g/mol. The zero-order chi connectivity index (χ0) is 11.3. The lowest BCUT2D eigenvalue weighted by molar-refractivity contribution is -0.133. The normalized spacial score (nSPS) is 24.7. The first-order valence-corrected chi connectivity index (χ1v) is 5.63. The van der Waals surface area contributed by atoms with Crippen LogP contribution in [0.1, 0.15) is 26.2 Å². The number of amides is 1. The standard InChI is InChI=1S/C11H21NO3/c1-3-15-10-6-9(7-10)8-11(14)12(2)4-5-13/h9-10,13H,3-8H2,1-2H3. The van der Waals surface area contributed by atoms with Crippen LogP contribution >= 0.6 is 0 Å². The van der Waals surface area contributed by atoms with Gasteiger partial charge in [-0.3, -0.25) is 4.79 Å². The molecular formula is C11H21NO3. The Morgan fingerprint density at radius 2 is 2.20 bits per heavy atom. The number of carbonyl (C=O) groups is 1. The molecule has 0 heterocycles. The first-order valence-electron chi connectivity index (χ1n) is 5.63. The maximum atomic E-state index is 11.6. The molecule has 4 nitrogen and oxygen atoms in total. The van der Waals surface area contributed by atoms with Gasteiger partial charge in [0.15, 0.2) is 0 Å². The number of carbonyl (C=O) groups excluding carboxylic acids is 1. The Kier molecular flexibility index (Phi) is 5.05. The highest BCUT2D eigenvalue weighted by atomic mass is 16.5. The van der Waals surface area contributed by atoms with Gasteiger partial charge in [0, 0.05) is 26.6 Å². The zero-order valence-corrected chi connectivity index (χ0v) is 9.61. The van der Waals surface area contributed by atoms with Crippen molar-refractivity contribution in [1.29, 1.82) is 0 Å². The Hall–Kier alpha value is -0.610. The second kappa shape index (κ2) is 6.08. The first kappa shape index (κ1) is 12.5. The number of nitrogens with zero attached hydrogens (tertiary/aromatic N) is 1. The van der Waals surface area contributed by atoms with Gasteiger partial charge in [0.05, 0.1) is 12.7 Å². The highest BCUT2D eigenvalue weighted by molar-refractivity contribution is 5.76. The number of hydrogen-bond acceptors (Lipinski definition) is 3. The van der Waals surface area contributed by atoms with E-state index in [0.29, 0.717) is 25.0 Å². The van der Waals surface area contributed by atoms with E-state index in [1.54, 1.807) is 11.9 Å². The maximum absolute atomic E-state index is 11.6. The molecule has 1 amide bonds. The van der Waals surface area contributed by atoms with Crippen LogP contribution in [0.2, 0.25) is 0 Å². The van der Waals surface area contributed by atoms with E-state index in [9.17, 15) is 4.79 Å². The summed E-state index contributed by atoms with van der Waals surface area (Å²) in [5.74, 6) is 0.610. The van der Waals surface area contributed by atoms with Gasteiger partial charge in [-0.2, -0.15) is 0 Å². The average molecular weight is 215 g/mol. The van der Waals surface area contributed by atoms with E-state index in [2.05, 4.69) is 0 Å². The number of likely N-dealkylation sites (N-methyl/N-ethyl adjacent to an activating group) is 1. The third-order valence-electron chi connectivity index (χ3n) is 2.92. The van der Waals surface area contributed by atoms with E-state index in [1.807, 2.05) is 6.92 Å². The quantitative estimate of drug-likeness (QED) is 0.707. The number of ether oxygens (including phenoxy) is 1. The third-order valence-corrected chi connectivity index (χ3v) is 2.92. The van der Waals surface area contributed by atoms with Crippen molar-refractivity contribution < 1.29 is 14.6 Å². The largest absolute Gasteiger partial charge is 0.395 e. The average Bonchev–Trinajstić information content (AvgIpc) is 2.14. The molecule has 0 bridgehead atoms. The van der Waals surface area contributed by atoms with Gasteiger partial charge in [-0.05, 0) is 25.7 Å². The van der Waals surface area contributed by atoms with Crippen molar-refractivity contribution in [2.75, 3.05) is 26.8 Å². The minimum absolute atomic E-state index is 0.0362. The van der Waals surface area contributed by atoms with Crippen LogP contribution in [0.25, 0.3) is 0 Å². The van der Waals surface area contributed by atoms with Crippen molar-refractivity contribution in [3.8, 4) is 0 Å². The van der Waals surface area contributed by atoms with Crippen molar-refractivity contribution in [3.05, 3.63) is 0 Å². The SMILES string of the molecule is CCOC1CC(CC(=O)N(C)CCO)C1. The second-order valence-corrected chi connectivity index (χ2v) is 4.16. The van der Waals surface area contributed by atoms with Crippen molar-refractivity contribution >= 4 is 5.91 Å². The lowest BCUT2D eigenvalue weighted by Gasteiger charge is -2.35. The summed E-state index contributed by atoms with van der Waals surface area (Å²) in [5.41, 5.74) is 0. The van der Waals surface area contributed by atoms with Gasteiger partial charge in [0.25, 0.3) is 0 Å². The van der Waals surface area contributed by atoms with Crippen LogP contribution in [-0.2, 0) is 9.53 Å². The zero-order valence-electron chi connectivity index (χ0n) is 9.61. The maximum Gasteiger partial charge on any atom is 0.222 e. The van der Waals surface area contributed by atoms with Gasteiger partial charge in [0.2, 0.25) is 5.91 Å². The lowest BCUT2D eigenvalue weighted by atomic mass is 9.80. The molecule has 1 rings (SSSR count). The predicted octanol–water partition coefficient (Wildman–Crippen LogP) is 0.642. The fourth-order valence-corrected chi connectivity index (χ4v) is 1.89. The van der Waals surface area contributed by atoms with Gasteiger partial charge in [-0.15, -0.1) is 0 Å². The third kappa shape index (κ3) is 3.80. The lowest BCUT2D eigenvalue weighted by Crippen LogP contribution is -2.37. The smallest absolute Gasteiger partial charge is 0.222 e. The molecule has 0 aromatic rings. The Morgan fingerprint density at radius 3 is 2.73 bits per heavy atom. The van der Waals surface area contributed by atoms with Crippen LogP contribution in [-0.4, -0.2) is 48.8 Å². The Balaban J connectivity index is 2.13. The van der Waals surface area contributed by atoms with E-state index in [-0.39, 0.29) is 12.5 Å². The number of rotatable bonds is 6. The minimum Gasteiger partial charge on any atom is -0.395 e. The van der Waals surface area contributed by atoms with E-state index >= 15 is 0 Å². The van der Waals surface area contributed by atoms with Crippen LogP contribution in [0, 0.1) is 5.92 Å². The van der Waals surface area contributed by atoms with Gasteiger partial charge in [-0.25, -0.2) is 0 Å². The number of aliphatic hydroxyl groups is 1. The molecule has 88 valence electrons. The van der Waals surface area contributed by atoms with Crippen LogP contribution in [0.5, 0.6) is 0 Å². The second-order valence-electron chi connectivity index (χ2n) is 4.16. The predicted molar refractivity (Wildman–Crippen MR) is 57.5 cm³/mol. The molecule has 0 unspecified atom stereocenters. The molecule has 1 N–H and O–H groups in total. The summed E-state index contributed by atoms with van der Waals surface area (Å²) < 4.78 is 5.43. The summed E-state index contributed by atoms with van der Waals surface area (Å²) in [5, 5.41) is 8.69. The van der Waals surface area contributed by atoms with E-state index in [4.69, 9.17) is 9.84 Å². The van der Waals surface area contributed by atoms with Crippen molar-refractivity contribution in [2.45, 2.75) is 32.3 Å². The first-order chi connectivity index (χ1) is 7.17. The van der Waals surface area contributed by atoms with Crippen LogP contribution < -0.4 is 0 Å².